The molecule has 190 valence electrons. The van der Waals surface area contributed by atoms with Crippen LogP contribution in [0.25, 0.3) is 0 Å². The fourth-order valence-electron chi connectivity index (χ4n) is 5.00. The molecule has 0 radical (unpaired) electrons. The third kappa shape index (κ3) is 4.00. The highest BCUT2D eigenvalue weighted by Gasteiger charge is 2.54. The number of benzene rings is 2. The molecule has 4 rings (SSSR count). The van der Waals surface area contributed by atoms with Crippen molar-refractivity contribution in [1.29, 1.82) is 0 Å². The third-order valence-corrected chi connectivity index (χ3v) is 6.86. The van der Waals surface area contributed by atoms with Gasteiger partial charge in [-0.1, -0.05) is 0 Å². The van der Waals surface area contributed by atoms with Crippen LogP contribution in [0.15, 0.2) is 48.8 Å². The van der Waals surface area contributed by atoms with Crippen molar-refractivity contribution in [3.8, 4) is 11.5 Å². The Labute approximate surface area is 212 Å². The average Bonchev–Trinajstić information content (AvgIpc) is 3.22. The third-order valence-electron chi connectivity index (χ3n) is 6.86. The molecule has 3 aromatic rings. The molecule has 8 nitrogen and oxygen atoms in total. The molecule has 0 aliphatic carbocycles. The van der Waals surface area contributed by atoms with Crippen LogP contribution in [-0.2, 0) is 10.3 Å². The van der Waals surface area contributed by atoms with E-state index in [2.05, 4.69) is 47.5 Å². The maximum Gasteiger partial charge on any atom is 0.360 e. The molecule has 0 saturated heterocycles. The zero-order valence-electron chi connectivity index (χ0n) is 21.9. The molecule has 1 aromatic heterocycles. The van der Waals surface area contributed by atoms with Crippen LogP contribution in [0.3, 0.4) is 0 Å². The van der Waals surface area contributed by atoms with E-state index in [9.17, 15) is 4.79 Å². The highest BCUT2D eigenvalue weighted by molar-refractivity contribution is 5.94. The maximum absolute atomic E-state index is 13.1. The number of carbonyl (C=O) groups is 1. The zero-order chi connectivity index (χ0) is 25.9. The number of nitrogens with zero attached hydrogens (tertiary/aromatic N) is 4. The second kappa shape index (κ2) is 10.4. The lowest BCUT2D eigenvalue weighted by molar-refractivity contribution is 0.0228. The van der Waals surface area contributed by atoms with E-state index < -0.39 is 11.6 Å². The van der Waals surface area contributed by atoms with E-state index in [1.807, 2.05) is 36.4 Å². The van der Waals surface area contributed by atoms with Gasteiger partial charge in [0.15, 0.2) is 5.69 Å². The summed E-state index contributed by atoms with van der Waals surface area (Å²) in [5.74, 6) is 0.629. The van der Waals surface area contributed by atoms with Crippen molar-refractivity contribution in [3.05, 3.63) is 71.3 Å². The Morgan fingerprint density at radius 3 is 1.69 bits per heavy atom. The van der Waals surface area contributed by atoms with Crippen LogP contribution in [0.5, 0.6) is 11.5 Å². The van der Waals surface area contributed by atoms with E-state index in [0.29, 0.717) is 28.3 Å². The molecular formula is C28H34N4O4. The first-order chi connectivity index (χ1) is 17.5. The summed E-state index contributed by atoms with van der Waals surface area (Å²) in [5.41, 5.74) is 2.55. The minimum absolute atomic E-state index is 0.183. The standard InChI is InChI=1S/C28H34N4O4/c1-7-31(8-2)19-11-13-21(23(17-19)34-5)28(26-25(27(33)36-28)29-15-16-30-26)22-14-12-20(18-24(22)35-6)32(9-3)10-4/h11-18H,7-10H2,1-6H3. The highest BCUT2D eigenvalue weighted by Crippen LogP contribution is 2.52. The van der Waals surface area contributed by atoms with E-state index in [1.54, 1.807) is 20.4 Å². The van der Waals surface area contributed by atoms with E-state index >= 15 is 0 Å². The topological polar surface area (TPSA) is 77.0 Å². The quantitative estimate of drug-likeness (QED) is 0.380. The molecular weight excluding hydrogens is 456 g/mol. The first kappa shape index (κ1) is 25.3. The van der Waals surface area contributed by atoms with Gasteiger partial charge >= 0.3 is 5.97 Å². The number of anilines is 2. The average molecular weight is 491 g/mol. The van der Waals surface area contributed by atoms with Crippen molar-refractivity contribution in [1.82, 2.24) is 9.97 Å². The fraction of sp³-hybridized carbons (Fsp3) is 0.393. The Bertz CT molecular complexity index is 1170. The molecule has 1 aliphatic rings. The minimum atomic E-state index is -1.39. The molecule has 36 heavy (non-hydrogen) atoms. The van der Waals surface area contributed by atoms with Crippen LogP contribution >= 0.6 is 0 Å². The first-order valence-electron chi connectivity index (χ1n) is 12.4. The summed E-state index contributed by atoms with van der Waals surface area (Å²) in [6.45, 7) is 11.9. The summed E-state index contributed by atoms with van der Waals surface area (Å²) in [6.07, 6.45) is 3.07. The number of methoxy groups -OCH3 is 2. The second-order valence-corrected chi connectivity index (χ2v) is 8.44. The number of hydrogen-bond acceptors (Lipinski definition) is 8. The molecule has 0 saturated carbocycles. The van der Waals surface area contributed by atoms with Crippen LogP contribution in [0.4, 0.5) is 11.4 Å². The van der Waals surface area contributed by atoms with E-state index in [4.69, 9.17) is 14.2 Å². The largest absolute Gasteiger partial charge is 0.496 e. The molecule has 0 bridgehead atoms. The van der Waals surface area contributed by atoms with Crippen molar-refractivity contribution in [2.75, 3.05) is 50.2 Å². The van der Waals surface area contributed by atoms with Gasteiger partial charge in [-0.3, -0.25) is 4.98 Å². The lowest BCUT2D eigenvalue weighted by Crippen LogP contribution is -2.32. The molecule has 0 N–H and O–H groups in total. The molecule has 2 aromatic carbocycles. The lowest BCUT2D eigenvalue weighted by Gasteiger charge is -2.33. The van der Waals surface area contributed by atoms with Gasteiger partial charge in [-0.15, -0.1) is 0 Å². The van der Waals surface area contributed by atoms with Crippen LogP contribution in [-0.4, -0.2) is 56.3 Å². The predicted octanol–water partition coefficient (Wildman–Crippen LogP) is 4.65. The zero-order valence-corrected chi connectivity index (χ0v) is 21.9. The van der Waals surface area contributed by atoms with Gasteiger partial charge in [0.25, 0.3) is 0 Å². The van der Waals surface area contributed by atoms with Crippen LogP contribution in [0.2, 0.25) is 0 Å². The van der Waals surface area contributed by atoms with Gasteiger partial charge in [-0.25, -0.2) is 9.78 Å². The number of cyclic esters (lactones) is 1. The second-order valence-electron chi connectivity index (χ2n) is 8.44. The number of rotatable bonds is 10. The molecule has 0 amide bonds. The summed E-state index contributed by atoms with van der Waals surface area (Å²) in [7, 11) is 3.24. The van der Waals surface area contributed by atoms with Crippen LogP contribution in [0, 0.1) is 0 Å². The Hall–Kier alpha value is -3.81. The van der Waals surface area contributed by atoms with Gasteiger partial charge < -0.3 is 24.0 Å². The molecule has 8 heteroatoms. The Morgan fingerprint density at radius 2 is 1.25 bits per heavy atom. The summed E-state index contributed by atoms with van der Waals surface area (Å²) in [4.78, 5) is 26.5. The van der Waals surface area contributed by atoms with Gasteiger partial charge in [-0.05, 0) is 52.0 Å². The van der Waals surface area contributed by atoms with Crippen molar-refractivity contribution in [3.63, 3.8) is 0 Å². The van der Waals surface area contributed by atoms with Crippen LogP contribution < -0.4 is 19.3 Å². The normalized spacial score (nSPS) is 13.7. The van der Waals surface area contributed by atoms with Gasteiger partial charge in [0.1, 0.15) is 17.2 Å². The van der Waals surface area contributed by atoms with Crippen molar-refractivity contribution in [2.24, 2.45) is 0 Å². The number of fused-ring (bicyclic) bond motifs is 1. The molecule has 1 aliphatic heterocycles. The fourth-order valence-corrected chi connectivity index (χ4v) is 5.00. The number of esters is 1. The minimum Gasteiger partial charge on any atom is -0.496 e. The van der Waals surface area contributed by atoms with Gasteiger partial charge in [0, 0.05) is 73.2 Å². The van der Waals surface area contributed by atoms with Gasteiger partial charge in [0.2, 0.25) is 5.60 Å². The molecule has 0 unspecified atom stereocenters. The summed E-state index contributed by atoms with van der Waals surface area (Å²) < 4.78 is 18.0. The van der Waals surface area contributed by atoms with Crippen molar-refractivity contribution in [2.45, 2.75) is 33.3 Å². The van der Waals surface area contributed by atoms with E-state index in [-0.39, 0.29) is 5.69 Å². The van der Waals surface area contributed by atoms with E-state index in [0.717, 1.165) is 37.6 Å². The van der Waals surface area contributed by atoms with Gasteiger partial charge in [-0.2, -0.15) is 0 Å². The number of aromatic nitrogens is 2. The Balaban J connectivity index is 2.02. The molecule has 0 fully saturated rings. The molecule has 0 spiro atoms. The highest BCUT2D eigenvalue weighted by atomic mass is 16.6. The van der Waals surface area contributed by atoms with Gasteiger partial charge in [0.05, 0.1) is 14.2 Å². The maximum atomic E-state index is 13.1. The Morgan fingerprint density at radius 1 is 0.778 bits per heavy atom. The Kier molecular flexibility index (Phi) is 7.33. The van der Waals surface area contributed by atoms with Crippen molar-refractivity contribution < 1.29 is 19.0 Å². The number of ether oxygens (including phenoxy) is 3. The molecule has 0 atom stereocenters. The van der Waals surface area contributed by atoms with Crippen LogP contribution in [0.1, 0.15) is 55.0 Å². The number of hydrogen-bond donors (Lipinski definition) is 0. The number of carbonyl (C=O) groups excluding carboxylic acids is 1. The lowest BCUT2D eigenvalue weighted by atomic mass is 9.82. The first-order valence-corrected chi connectivity index (χ1v) is 12.4. The van der Waals surface area contributed by atoms with Crippen molar-refractivity contribution >= 4 is 17.3 Å². The monoisotopic (exact) mass is 490 g/mol. The summed E-state index contributed by atoms with van der Waals surface area (Å²) >= 11 is 0. The molecule has 2 heterocycles. The predicted molar refractivity (Wildman–Crippen MR) is 140 cm³/mol. The summed E-state index contributed by atoms with van der Waals surface area (Å²) in [5, 5.41) is 0. The summed E-state index contributed by atoms with van der Waals surface area (Å²) in [6, 6.07) is 11.9. The smallest absolute Gasteiger partial charge is 0.360 e. The van der Waals surface area contributed by atoms with E-state index in [1.165, 1.54) is 6.20 Å². The SMILES string of the molecule is CCN(CC)c1ccc(C2(c3ccc(N(CC)CC)cc3OC)OC(=O)c3nccnc32)c(OC)c1.